The van der Waals surface area contributed by atoms with Gasteiger partial charge < -0.3 is 10.1 Å². The molecule has 88 valence electrons. The summed E-state index contributed by atoms with van der Waals surface area (Å²) in [6.07, 6.45) is 0. The van der Waals surface area contributed by atoms with Crippen LogP contribution >= 0.6 is 27.5 Å². The van der Waals surface area contributed by atoms with Crippen LogP contribution in [0.2, 0.25) is 0 Å². The number of hydrogen-bond acceptors (Lipinski definition) is 5. The Morgan fingerprint density at radius 2 is 2.35 bits per heavy atom. The lowest BCUT2D eigenvalue weighted by Crippen LogP contribution is -2.12. The molecule has 1 amide bonds. The molecule has 0 unspecified atom stereocenters. The molecule has 0 spiro atoms. The number of rotatable bonds is 3. The molecule has 5 nitrogen and oxygen atoms in total. The molecule has 2 rings (SSSR count). The summed E-state index contributed by atoms with van der Waals surface area (Å²) in [5.74, 6) is 0.368. The number of ether oxygens (including phenoxy) is 1. The molecule has 1 N–H and O–H groups in total. The Morgan fingerprint density at radius 1 is 1.53 bits per heavy atom. The van der Waals surface area contributed by atoms with E-state index in [1.165, 1.54) is 0 Å². The Hall–Kier alpha value is -1.47. The van der Waals surface area contributed by atoms with Crippen molar-refractivity contribution in [3.05, 3.63) is 33.7 Å². The number of carbonyl (C=O) groups excluding carboxylic acids is 1. The van der Waals surface area contributed by atoms with Crippen molar-refractivity contribution in [3.8, 4) is 5.75 Å². The summed E-state index contributed by atoms with van der Waals surface area (Å²) in [6, 6.07) is 5.32. The fraction of sp³-hybridized carbons (Fsp3) is 0.100. The van der Waals surface area contributed by atoms with Crippen LogP contribution in [-0.2, 0) is 0 Å². The number of amides is 1. The second-order valence-electron chi connectivity index (χ2n) is 3.09. The van der Waals surface area contributed by atoms with Crippen LogP contribution in [0.3, 0.4) is 0 Å². The lowest BCUT2D eigenvalue weighted by Gasteiger charge is -2.07. The smallest absolute Gasteiger partial charge is 0.277 e. The first-order valence-electron chi connectivity index (χ1n) is 4.62. The molecule has 17 heavy (non-hydrogen) atoms. The number of anilines is 1. The van der Waals surface area contributed by atoms with Crippen molar-refractivity contribution in [1.82, 2.24) is 9.59 Å². The SMILES string of the molecule is COc1ccc(Br)c(NC(=O)c2csnn2)c1. The summed E-state index contributed by atoms with van der Waals surface area (Å²) < 4.78 is 9.49. The molecule has 0 aliphatic heterocycles. The molecule has 0 radical (unpaired) electrons. The third-order valence-electron chi connectivity index (χ3n) is 2.01. The van der Waals surface area contributed by atoms with Crippen molar-refractivity contribution < 1.29 is 9.53 Å². The van der Waals surface area contributed by atoms with E-state index in [1.807, 2.05) is 0 Å². The first kappa shape index (κ1) is 12.0. The van der Waals surface area contributed by atoms with Crippen LogP contribution in [0.5, 0.6) is 5.75 Å². The highest BCUT2D eigenvalue weighted by atomic mass is 79.9. The maximum absolute atomic E-state index is 11.8. The number of nitrogens with zero attached hydrogens (tertiary/aromatic N) is 2. The Kier molecular flexibility index (Phi) is 3.70. The quantitative estimate of drug-likeness (QED) is 0.946. The number of nitrogens with one attached hydrogen (secondary N) is 1. The number of halogens is 1. The van der Waals surface area contributed by atoms with Gasteiger partial charge in [-0.3, -0.25) is 4.79 Å². The third-order valence-corrected chi connectivity index (χ3v) is 3.21. The largest absolute Gasteiger partial charge is 0.497 e. The lowest BCUT2D eigenvalue weighted by molar-refractivity contribution is 0.102. The van der Waals surface area contributed by atoms with Crippen LogP contribution in [0.1, 0.15) is 10.5 Å². The Bertz CT molecular complexity index is 530. The van der Waals surface area contributed by atoms with Gasteiger partial charge in [-0.1, -0.05) is 4.49 Å². The van der Waals surface area contributed by atoms with Crippen molar-refractivity contribution in [3.63, 3.8) is 0 Å². The number of benzene rings is 1. The molecule has 0 fully saturated rings. The normalized spacial score (nSPS) is 10.0. The van der Waals surface area contributed by atoms with Gasteiger partial charge in [0.05, 0.1) is 12.8 Å². The minimum Gasteiger partial charge on any atom is -0.497 e. The van der Waals surface area contributed by atoms with Gasteiger partial charge in [-0.15, -0.1) is 5.10 Å². The minimum atomic E-state index is -0.298. The van der Waals surface area contributed by atoms with Gasteiger partial charge in [-0.25, -0.2) is 0 Å². The van der Waals surface area contributed by atoms with Crippen molar-refractivity contribution >= 4 is 39.1 Å². The van der Waals surface area contributed by atoms with Gasteiger partial charge >= 0.3 is 0 Å². The maximum Gasteiger partial charge on any atom is 0.277 e. The van der Waals surface area contributed by atoms with Gasteiger partial charge in [-0.2, -0.15) is 0 Å². The van der Waals surface area contributed by atoms with E-state index >= 15 is 0 Å². The average Bonchev–Trinajstić information content (AvgIpc) is 2.85. The number of hydrogen-bond donors (Lipinski definition) is 1. The van der Waals surface area contributed by atoms with Crippen molar-refractivity contribution in [2.24, 2.45) is 0 Å². The Labute approximate surface area is 110 Å². The monoisotopic (exact) mass is 313 g/mol. The molecule has 0 saturated heterocycles. The van der Waals surface area contributed by atoms with E-state index in [0.717, 1.165) is 16.0 Å². The van der Waals surface area contributed by atoms with Crippen LogP contribution in [0.15, 0.2) is 28.1 Å². The highest BCUT2D eigenvalue weighted by molar-refractivity contribution is 9.10. The van der Waals surface area contributed by atoms with E-state index in [9.17, 15) is 4.79 Å². The van der Waals surface area contributed by atoms with E-state index < -0.39 is 0 Å². The molecule has 7 heteroatoms. The minimum absolute atomic E-state index is 0.296. The molecule has 0 bridgehead atoms. The summed E-state index contributed by atoms with van der Waals surface area (Å²) >= 11 is 4.48. The molecule has 2 aromatic rings. The highest BCUT2D eigenvalue weighted by Gasteiger charge is 2.11. The summed E-state index contributed by atoms with van der Waals surface area (Å²) in [4.78, 5) is 11.8. The predicted molar refractivity (Wildman–Crippen MR) is 68.6 cm³/mol. The number of carbonyl (C=O) groups is 1. The Morgan fingerprint density at radius 3 is 3.00 bits per heavy atom. The first-order chi connectivity index (χ1) is 8.20. The van der Waals surface area contributed by atoms with E-state index in [1.54, 1.807) is 30.7 Å². The van der Waals surface area contributed by atoms with Crippen LogP contribution < -0.4 is 10.1 Å². The van der Waals surface area contributed by atoms with E-state index in [-0.39, 0.29) is 5.91 Å². The average molecular weight is 314 g/mol. The Balaban J connectivity index is 2.21. The van der Waals surface area contributed by atoms with Crippen molar-refractivity contribution in [2.45, 2.75) is 0 Å². The molecule has 1 aromatic heterocycles. The van der Waals surface area contributed by atoms with E-state index in [0.29, 0.717) is 17.1 Å². The second-order valence-corrected chi connectivity index (χ2v) is 4.55. The van der Waals surface area contributed by atoms with Crippen LogP contribution in [0, 0.1) is 0 Å². The van der Waals surface area contributed by atoms with Crippen LogP contribution in [0.25, 0.3) is 0 Å². The zero-order valence-corrected chi connectivity index (χ0v) is 11.2. The van der Waals surface area contributed by atoms with Crippen LogP contribution in [0.4, 0.5) is 5.69 Å². The second kappa shape index (κ2) is 5.24. The van der Waals surface area contributed by atoms with Gasteiger partial charge in [0, 0.05) is 15.9 Å². The summed E-state index contributed by atoms with van der Waals surface area (Å²) in [7, 11) is 1.57. The fourth-order valence-corrected chi connectivity index (χ4v) is 1.96. The predicted octanol–water partition coefficient (Wildman–Crippen LogP) is 2.56. The molecule has 0 atom stereocenters. The first-order valence-corrected chi connectivity index (χ1v) is 6.25. The molecule has 0 aliphatic rings. The number of aromatic nitrogens is 2. The molecule has 0 aliphatic carbocycles. The van der Waals surface area contributed by atoms with Gasteiger partial charge in [0.2, 0.25) is 0 Å². The van der Waals surface area contributed by atoms with Gasteiger partial charge in [-0.05, 0) is 39.6 Å². The fourth-order valence-electron chi connectivity index (χ4n) is 1.18. The van der Waals surface area contributed by atoms with Crippen molar-refractivity contribution in [1.29, 1.82) is 0 Å². The molecule has 0 saturated carbocycles. The van der Waals surface area contributed by atoms with E-state index in [4.69, 9.17) is 4.74 Å². The molecular weight excluding hydrogens is 306 g/mol. The highest BCUT2D eigenvalue weighted by Crippen LogP contribution is 2.27. The molecule has 1 heterocycles. The standard InChI is InChI=1S/C10H8BrN3O2S/c1-16-6-2-3-7(11)8(4-6)12-10(15)9-5-17-14-13-9/h2-5H,1H3,(H,12,15). The lowest BCUT2D eigenvalue weighted by atomic mass is 10.3. The maximum atomic E-state index is 11.8. The summed E-state index contributed by atoms with van der Waals surface area (Å²) in [5.41, 5.74) is 0.923. The van der Waals surface area contributed by atoms with Gasteiger partial charge in [0.25, 0.3) is 5.91 Å². The zero-order valence-electron chi connectivity index (χ0n) is 8.81. The number of methoxy groups -OCH3 is 1. The zero-order chi connectivity index (χ0) is 12.3. The summed E-state index contributed by atoms with van der Waals surface area (Å²) in [6.45, 7) is 0. The van der Waals surface area contributed by atoms with Crippen molar-refractivity contribution in [2.75, 3.05) is 12.4 Å². The van der Waals surface area contributed by atoms with Crippen LogP contribution in [-0.4, -0.2) is 22.6 Å². The summed E-state index contributed by atoms with van der Waals surface area (Å²) in [5, 5.41) is 8.01. The third kappa shape index (κ3) is 2.80. The molecule has 1 aromatic carbocycles. The molecular formula is C10H8BrN3O2S. The van der Waals surface area contributed by atoms with Gasteiger partial charge in [0.15, 0.2) is 5.69 Å². The van der Waals surface area contributed by atoms with E-state index in [2.05, 4.69) is 30.8 Å². The van der Waals surface area contributed by atoms with Gasteiger partial charge in [0.1, 0.15) is 5.75 Å². The topological polar surface area (TPSA) is 64.1 Å².